The summed E-state index contributed by atoms with van der Waals surface area (Å²) in [6.45, 7) is 3.50. The molecule has 0 aromatic heterocycles. The molecule has 0 radical (unpaired) electrons. The zero-order valence-corrected chi connectivity index (χ0v) is 7.21. The molecule has 0 heterocycles. The smallest absolute Gasteiger partial charge is 0.241 e. The van der Waals surface area contributed by atoms with E-state index in [0.717, 1.165) is 0 Å². The minimum absolute atomic E-state index is 0.0517. The van der Waals surface area contributed by atoms with Gasteiger partial charge in [-0.3, -0.25) is 4.79 Å². The van der Waals surface area contributed by atoms with Crippen LogP contribution in [-0.4, -0.2) is 24.0 Å². The van der Waals surface area contributed by atoms with Crippen LogP contribution in [0.3, 0.4) is 0 Å². The van der Waals surface area contributed by atoms with Crippen LogP contribution in [0.2, 0.25) is 0 Å². The first-order valence-electron chi connectivity index (χ1n) is 3.06. The van der Waals surface area contributed by atoms with E-state index in [1.165, 1.54) is 0 Å². The maximum atomic E-state index is 10.8. The summed E-state index contributed by atoms with van der Waals surface area (Å²) in [4.78, 5) is 11.4. The van der Waals surface area contributed by atoms with Gasteiger partial charge in [0.25, 0.3) is 0 Å². The molecule has 10 heavy (non-hydrogen) atoms. The lowest BCUT2D eigenvalue weighted by Gasteiger charge is -2.11. The van der Waals surface area contributed by atoms with Crippen LogP contribution in [0.5, 0.6) is 0 Å². The fraction of sp³-hybridized carbons (Fsp3) is 0.667. The van der Waals surface area contributed by atoms with Crippen LogP contribution >= 0.6 is 12.2 Å². The molecule has 0 bridgehead atoms. The Hall–Kier alpha value is -0.640. The Morgan fingerprint density at radius 1 is 1.60 bits per heavy atom. The highest BCUT2D eigenvalue weighted by Gasteiger charge is 2.08. The van der Waals surface area contributed by atoms with E-state index in [9.17, 15) is 4.79 Å². The van der Waals surface area contributed by atoms with E-state index >= 15 is 0 Å². The first-order chi connectivity index (χ1) is 4.57. The van der Waals surface area contributed by atoms with Crippen molar-refractivity contribution in [1.82, 2.24) is 10.6 Å². The third kappa shape index (κ3) is 3.40. The quantitative estimate of drug-likeness (QED) is 0.561. The van der Waals surface area contributed by atoms with Crippen molar-refractivity contribution >= 4 is 23.1 Å². The predicted octanol–water partition coefficient (Wildman–Crippen LogP) is 0.0578. The van der Waals surface area contributed by atoms with E-state index in [4.69, 9.17) is 12.2 Å². The average molecular weight is 160 g/mol. The van der Waals surface area contributed by atoms with Gasteiger partial charge in [-0.05, 0) is 13.8 Å². The van der Waals surface area contributed by atoms with Gasteiger partial charge in [0.1, 0.15) is 6.04 Å². The highest BCUT2D eigenvalue weighted by molar-refractivity contribution is 7.80. The summed E-state index contributed by atoms with van der Waals surface area (Å²) in [7, 11) is 1.60. The van der Waals surface area contributed by atoms with Crippen molar-refractivity contribution in [2.75, 3.05) is 7.05 Å². The number of amides is 1. The predicted molar refractivity (Wildman–Crippen MR) is 44.9 cm³/mol. The molecule has 0 saturated carbocycles. The maximum Gasteiger partial charge on any atom is 0.241 e. The molecule has 3 nitrogen and oxygen atoms in total. The molecule has 0 spiro atoms. The van der Waals surface area contributed by atoms with Crippen LogP contribution in [0, 0.1) is 0 Å². The molecule has 0 aliphatic carbocycles. The van der Waals surface area contributed by atoms with Gasteiger partial charge in [-0.2, -0.15) is 0 Å². The molecule has 0 fully saturated rings. The zero-order valence-electron chi connectivity index (χ0n) is 6.39. The standard InChI is InChI=1S/C6H12N2OS/c1-4(6(9)7-3)8-5(2)10/h4H,1-3H3,(H,7,9)(H,8,10)/t4-/m0/s1. The molecular weight excluding hydrogens is 148 g/mol. The number of hydrogen-bond acceptors (Lipinski definition) is 2. The van der Waals surface area contributed by atoms with Gasteiger partial charge < -0.3 is 10.6 Å². The third-order valence-electron chi connectivity index (χ3n) is 1.06. The summed E-state index contributed by atoms with van der Waals surface area (Å²) in [5, 5.41) is 5.32. The second-order valence-electron chi connectivity index (χ2n) is 2.04. The molecule has 1 atom stereocenters. The van der Waals surface area contributed by atoms with E-state index in [1.54, 1.807) is 20.9 Å². The largest absolute Gasteiger partial charge is 0.369 e. The van der Waals surface area contributed by atoms with Gasteiger partial charge in [0.2, 0.25) is 5.91 Å². The van der Waals surface area contributed by atoms with Crippen molar-refractivity contribution < 1.29 is 4.79 Å². The van der Waals surface area contributed by atoms with Crippen molar-refractivity contribution in [3.05, 3.63) is 0 Å². The molecule has 0 rings (SSSR count). The molecule has 0 aliphatic rings. The fourth-order valence-corrected chi connectivity index (χ4v) is 0.764. The van der Waals surface area contributed by atoms with Gasteiger partial charge in [0, 0.05) is 7.05 Å². The SMILES string of the molecule is CNC(=O)[C@H](C)NC(C)=S. The second-order valence-corrected chi connectivity index (χ2v) is 2.65. The molecule has 0 aromatic rings. The molecule has 58 valence electrons. The number of likely N-dealkylation sites (N-methyl/N-ethyl adjacent to an activating group) is 1. The topological polar surface area (TPSA) is 41.1 Å². The molecular formula is C6H12N2OS. The first kappa shape index (κ1) is 9.36. The Bertz CT molecular complexity index is 147. The first-order valence-corrected chi connectivity index (χ1v) is 3.47. The molecule has 4 heteroatoms. The van der Waals surface area contributed by atoms with Gasteiger partial charge in [-0.15, -0.1) is 0 Å². The van der Waals surface area contributed by atoms with Crippen molar-refractivity contribution in [1.29, 1.82) is 0 Å². The Kier molecular flexibility index (Phi) is 3.95. The van der Waals surface area contributed by atoms with Crippen molar-refractivity contribution in [3.63, 3.8) is 0 Å². The molecule has 0 saturated heterocycles. The van der Waals surface area contributed by atoms with Crippen LogP contribution in [0.25, 0.3) is 0 Å². The van der Waals surface area contributed by atoms with Crippen molar-refractivity contribution in [2.24, 2.45) is 0 Å². The van der Waals surface area contributed by atoms with Gasteiger partial charge in [-0.25, -0.2) is 0 Å². The van der Waals surface area contributed by atoms with E-state index in [-0.39, 0.29) is 11.9 Å². The maximum absolute atomic E-state index is 10.8. The monoisotopic (exact) mass is 160 g/mol. The lowest BCUT2D eigenvalue weighted by molar-refractivity contribution is -0.121. The molecule has 0 aromatic carbocycles. The second kappa shape index (κ2) is 4.22. The van der Waals surface area contributed by atoms with Crippen LogP contribution < -0.4 is 10.6 Å². The molecule has 1 amide bonds. The van der Waals surface area contributed by atoms with Crippen LogP contribution in [-0.2, 0) is 4.79 Å². The number of thiocarbonyl (C=S) groups is 1. The van der Waals surface area contributed by atoms with Crippen molar-refractivity contribution in [3.8, 4) is 0 Å². The zero-order chi connectivity index (χ0) is 8.15. The number of hydrogen-bond donors (Lipinski definition) is 2. The van der Waals surface area contributed by atoms with Crippen LogP contribution in [0.1, 0.15) is 13.8 Å². The Balaban J connectivity index is 3.72. The Morgan fingerprint density at radius 2 is 2.10 bits per heavy atom. The minimum Gasteiger partial charge on any atom is -0.369 e. The fourth-order valence-electron chi connectivity index (χ4n) is 0.587. The highest BCUT2D eigenvalue weighted by Crippen LogP contribution is 1.81. The summed E-state index contributed by atoms with van der Waals surface area (Å²) in [5.74, 6) is -0.0517. The van der Waals surface area contributed by atoms with Crippen LogP contribution in [0.15, 0.2) is 0 Å². The molecule has 0 unspecified atom stereocenters. The third-order valence-corrected chi connectivity index (χ3v) is 1.18. The minimum atomic E-state index is -0.234. The number of rotatable bonds is 2. The lowest BCUT2D eigenvalue weighted by atomic mass is 10.3. The molecule has 2 N–H and O–H groups in total. The number of nitrogens with one attached hydrogen (secondary N) is 2. The highest BCUT2D eigenvalue weighted by atomic mass is 32.1. The summed E-state index contributed by atoms with van der Waals surface area (Å²) in [5.41, 5.74) is 0. The van der Waals surface area contributed by atoms with Crippen LogP contribution in [0.4, 0.5) is 0 Å². The number of carbonyl (C=O) groups excluding carboxylic acids is 1. The Morgan fingerprint density at radius 3 is 2.40 bits per heavy atom. The average Bonchev–Trinajstić information content (AvgIpc) is 1.85. The number of carbonyl (C=O) groups is 1. The van der Waals surface area contributed by atoms with Gasteiger partial charge in [0.05, 0.1) is 4.99 Å². The summed E-state index contributed by atoms with van der Waals surface area (Å²) in [6.07, 6.45) is 0. The van der Waals surface area contributed by atoms with E-state index in [2.05, 4.69) is 10.6 Å². The normalized spacial score (nSPS) is 11.9. The summed E-state index contributed by atoms with van der Waals surface area (Å²) < 4.78 is 0. The van der Waals surface area contributed by atoms with Gasteiger partial charge in [0.15, 0.2) is 0 Å². The summed E-state index contributed by atoms with van der Waals surface area (Å²) in [6, 6.07) is -0.234. The lowest BCUT2D eigenvalue weighted by Crippen LogP contribution is -2.42. The Labute approximate surface area is 66.2 Å². The van der Waals surface area contributed by atoms with E-state index in [0.29, 0.717) is 4.99 Å². The summed E-state index contributed by atoms with van der Waals surface area (Å²) >= 11 is 4.75. The molecule has 0 aliphatic heterocycles. The van der Waals surface area contributed by atoms with E-state index in [1.807, 2.05) is 0 Å². The van der Waals surface area contributed by atoms with E-state index < -0.39 is 0 Å². The van der Waals surface area contributed by atoms with Crippen molar-refractivity contribution in [2.45, 2.75) is 19.9 Å². The van der Waals surface area contributed by atoms with Gasteiger partial charge >= 0.3 is 0 Å². The van der Waals surface area contributed by atoms with Gasteiger partial charge in [-0.1, -0.05) is 12.2 Å².